The average molecular weight is 295 g/mol. The number of halogens is 2. The number of benzene rings is 2. The van der Waals surface area contributed by atoms with Crippen LogP contribution >= 0.6 is 11.6 Å². The lowest BCUT2D eigenvalue weighted by atomic mass is 10.1. The molecule has 2 aromatic carbocycles. The van der Waals surface area contributed by atoms with Gasteiger partial charge in [0.15, 0.2) is 0 Å². The fourth-order valence-corrected chi connectivity index (χ4v) is 2.10. The van der Waals surface area contributed by atoms with Crippen molar-refractivity contribution in [1.29, 1.82) is 0 Å². The van der Waals surface area contributed by atoms with E-state index in [1.165, 1.54) is 12.1 Å². The predicted molar refractivity (Wildman–Crippen MR) is 77.4 cm³/mol. The van der Waals surface area contributed by atoms with Gasteiger partial charge in [0, 0.05) is 5.56 Å². The van der Waals surface area contributed by atoms with E-state index in [4.69, 9.17) is 16.3 Å². The van der Waals surface area contributed by atoms with Crippen molar-refractivity contribution in [3.8, 4) is 5.75 Å². The third-order valence-electron chi connectivity index (χ3n) is 3.04. The Morgan fingerprint density at radius 3 is 2.70 bits per heavy atom. The third kappa shape index (κ3) is 3.50. The molecule has 0 spiro atoms. The Morgan fingerprint density at radius 2 is 2.00 bits per heavy atom. The predicted octanol–water partition coefficient (Wildman–Crippen LogP) is 4.50. The molecular weight excluding hydrogens is 279 g/mol. The van der Waals surface area contributed by atoms with Gasteiger partial charge in [-0.25, -0.2) is 4.39 Å². The topological polar surface area (TPSA) is 29.5 Å². The molecule has 0 amide bonds. The largest absolute Gasteiger partial charge is 0.489 e. The minimum atomic E-state index is -0.553. The second-order valence-electron chi connectivity index (χ2n) is 4.50. The molecular formula is C16H16ClFO2. The summed E-state index contributed by atoms with van der Waals surface area (Å²) in [4.78, 5) is 0. The van der Waals surface area contributed by atoms with E-state index in [2.05, 4.69) is 0 Å². The summed E-state index contributed by atoms with van der Waals surface area (Å²) in [6, 6.07) is 11.8. The Balaban J connectivity index is 2.12. The molecule has 0 aliphatic rings. The van der Waals surface area contributed by atoms with Gasteiger partial charge in [0.1, 0.15) is 18.2 Å². The number of hydrogen-bond donors (Lipinski definition) is 1. The minimum absolute atomic E-state index is 0.0768. The fourth-order valence-electron chi connectivity index (χ4n) is 1.90. The molecule has 2 aromatic rings. The lowest BCUT2D eigenvalue weighted by Crippen LogP contribution is -2.02. The number of aliphatic hydroxyl groups excluding tert-OH is 1. The van der Waals surface area contributed by atoms with Gasteiger partial charge in [0.25, 0.3) is 0 Å². The van der Waals surface area contributed by atoms with E-state index in [0.29, 0.717) is 12.2 Å². The summed E-state index contributed by atoms with van der Waals surface area (Å²) in [5, 5.41) is 10.0. The number of hydrogen-bond acceptors (Lipinski definition) is 2. The molecule has 0 unspecified atom stereocenters. The number of aliphatic hydroxyl groups is 1. The van der Waals surface area contributed by atoms with E-state index in [0.717, 1.165) is 11.1 Å². The van der Waals surface area contributed by atoms with Crippen molar-refractivity contribution in [2.24, 2.45) is 0 Å². The van der Waals surface area contributed by atoms with Crippen LogP contribution in [0.4, 0.5) is 4.39 Å². The normalized spacial score (nSPS) is 12.2. The van der Waals surface area contributed by atoms with E-state index in [1.54, 1.807) is 12.1 Å². The summed E-state index contributed by atoms with van der Waals surface area (Å²) < 4.78 is 18.8. The van der Waals surface area contributed by atoms with Crippen molar-refractivity contribution in [1.82, 2.24) is 0 Å². The molecule has 1 atom stereocenters. The first-order valence-electron chi connectivity index (χ1n) is 6.45. The molecule has 0 aliphatic carbocycles. The summed E-state index contributed by atoms with van der Waals surface area (Å²) in [6.45, 7) is 2.18. The molecule has 4 heteroatoms. The molecule has 0 saturated carbocycles. The van der Waals surface area contributed by atoms with Crippen molar-refractivity contribution in [3.63, 3.8) is 0 Å². The number of rotatable bonds is 5. The van der Waals surface area contributed by atoms with Crippen LogP contribution in [-0.2, 0) is 6.61 Å². The maximum atomic E-state index is 13.1. The smallest absolute Gasteiger partial charge is 0.141 e. The monoisotopic (exact) mass is 294 g/mol. The molecule has 2 rings (SSSR count). The van der Waals surface area contributed by atoms with E-state index >= 15 is 0 Å². The van der Waals surface area contributed by atoms with E-state index in [-0.39, 0.29) is 11.6 Å². The summed E-state index contributed by atoms with van der Waals surface area (Å²) >= 11 is 5.73. The quantitative estimate of drug-likeness (QED) is 0.879. The van der Waals surface area contributed by atoms with Crippen LogP contribution in [0, 0.1) is 5.82 Å². The number of para-hydroxylation sites is 1. The molecule has 0 fully saturated rings. The average Bonchev–Trinajstić information content (AvgIpc) is 2.48. The van der Waals surface area contributed by atoms with Gasteiger partial charge in [-0.15, -0.1) is 0 Å². The van der Waals surface area contributed by atoms with Crippen LogP contribution in [0.15, 0.2) is 42.5 Å². The molecule has 0 aliphatic heterocycles. The Hall–Kier alpha value is -1.58. The molecule has 0 heterocycles. The Morgan fingerprint density at radius 1 is 1.25 bits per heavy atom. The zero-order valence-corrected chi connectivity index (χ0v) is 11.9. The van der Waals surface area contributed by atoms with Crippen molar-refractivity contribution < 1.29 is 14.2 Å². The van der Waals surface area contributed by atoms with Crippen LogP contribution in [0.5, 0.6) is 5.75 Å². The second-order valence-corrected chi connectivity index (χ2v) is 4.91. The highest BCUT2D eigenvalue weighted by Gasteiger charge is 2.11. The molecule has 2 nitrogen and oxygen atoms in total. The van der Waals surface area contributed by atoms with E-state index < -0.39 is 11.9 Å². The first-order valence-corrected chi connectivity index (χ1v) is 6.83. The van der Waals surface area contributed by atoms with E-state index in [1.807, 2.05) is 25.1 Å². The van der Waals surface area contributed by atoms with Crippen molar-refractivity contribution in [2.75, 3.05) is 0 Å². The van der Waals surface area contributed by atoms with Gasteiger partial charge in [-0.1, -0.05) is 42.8 Å². The van der Waals surface area contributed by atoms with Gasteiger partial charge in [-0.3, -0.25) is 0 Å². The maximum absolute atomic E-state index is 13.1. The van der Waals surface area contributed by atoms with Crippen molar-refractivity contribution in [3.05, 3.63) is 64.4 Å². The van der Waals surface area contributed by atoms with Gasteiger partial charge in [-0.05, 0) is 30.2 Å². The lowest BCUT2D eigenvalue weighted by molar-refractivity contribution is 0.166. The van der Waals surface area contributed by atoms with Crippen LogP contribution < -0.4 is 4.74 Å². The third-order valence-corrected chi connectivity index (χ3v) is 3.33. The molecule has 20 heavy (non-hydrogen) atoms. The second kappa shape index (κ2) is 6.73. The van der Waals surface area contributed by atoms with Crippen LogP contribution in [0.1, 0.15) is 30.6 Å². The van der Waals surface area contributed by atoms with Gasteiger partial charge in [0.2, 0.25) is 0 Å². The van der Waals surface area contributed by atoms with Gasteiger partial charge < -0.3 is 9.84 Å². The van der Waals surface area contributed by atoms with Crippen molar-refractivity contribution >= 4 is 11.6 Å². The zero-order chi connectivity index (χ0) is 14.5. The lowest BCUT2D eigenvalue weighted by Gasteiger charge is -2.15. The highest BCUT2D eigenvalue weighted by Crippen LogP contribution is 2.27. The van der Waals surface area contributed by atoms with Crippen LogP contribution in [0.2, 0.25) is 5.02 Å². The molecule has 106 valence electrons. The molecule has 1 N–H and O–H groups in total. The van der Waals surface area contributed by atoms with Gasteiger partial charge in [-0.2, -0.15) is 0 Å². The summed E-state index contributed by atoms with van der Waals surface area (Å²) in [6.07, 6.45) is 0.0611. The standard InChI is InChI=1S/C16H16ClFO2/c1-2-15(19)12-5-3-4-6-16(12)20-10-11-7-8-14(18)13(17)9-11/h3-9,15,19H,2,10H2,1H3/t15-/m0/s1. The van der Waals surface area contributed by atoms with Crippen LogP contribution in [0.3, 0.4) is 0 Å². The maximum Gasteiger partial charge on any atom is 0.141 e. The SMILES string of the molecule is CC[C@H](O)c1ccccc1OCc1ccc(F)c(Cl)c1. The van der Waals surface area contributed by atoms with Gasteiger partial charge >= 0.3 is 0 Å². The molecule has 0 aromatic heterocycles. The molecule has 0 saturated heterocycles. The first-order chi connectivity index (χ1) is 9.61. The minimum Gasteiger partial charge on any atom is -0.489 e. The summed E-state index contributed by atoms with van der Waals surface area (Å²) in [5.74, 6) is 0.180. The first kappa shape index (κ1) is 14.8. The van der Waals surface area contributed by atoms with Crippen LogP contribution in [0.25, 0.3) is 0 Å². The zero-order valence-electron chi connectivity index (χ0n) is 11.1. The Bertz CT molecular complexity index is 586. The summed E-state index contributed by atoms with van der Waals surface area (Å²) in [5.41, 5.74) is 1.53. The van der Waals surface area contributed by atoms with Gasteiger partial charge in [0.05, 0.1) is 11.1 Å². The highest BCUT2D eigenvalue weighted by molar-refractivity contribution is 6.30. The number of ether oxygens (including phenoxy) is 1. The van der Waals surface area contributed by atoms with E-state index in [9.17, 15) is 9.50 Å². The molecule has 0 radical (unpaired) electrons. The van der Waals surface area contributed by atoms with Crippen molar-refractivity contribution in [2.45, 2.75) is 26.1 Å². The summed E-state index contributed by atoms with van der Waals surface area (Å²) in [7, 11) is 0. The fraction of sp³-hybridized carbons (Fsp3) is 0.250. The molecule has 0 bridgehead atoms. The Labute approximate surface area is 122 Å². The Kier molecular flexibility index (Phi) is 4.99. The van der Waals surface area contributed by atoms with Crippen LogP contribution in [-0.4, -0.2) is 5.11 Å². The highest BCUT2D eigenvalue weighted by atomic mass is 35.5.